The van der Waals surface area contributed by atoms with Gasteiger partial charge in [0.15, 0.2) is 23.0 Å². The van der Waals surface area contributed by atoms with Crippen LogP contribution in [0.1, 0.15) is 87.0 Å². The monoisotopic (exact) mass is 1170 g/mol. The van der Waals surface area contributed by atoms with Crippen molar-refractivity contribution in [1.29, 1.82) is 0 Å². The first-order valence-corrected chi connectivity index (χ1v) is 23.9. The SMILES string of the molecule is CNC(=O)c1cc(Cl)cc(C)c1N.CNC(=O)c1cc(Cl)cc(C)c1NC(=O)c1cc(Cn2nc(C(F)(F)F)cc2C)nn1-c1ncccc1Cl.Cc1cc(C(F)(F)F)nn1Cc1cc(C(=O)Cl)n(-c2ncccc2Cl)n1. The zero-order chi connectivity index (χ0) is 56.8. The fourth-order valence-electron chi connectivity index (χ4n) is 7.11. The Morgan fingerprint density at radius 2 is 1.01 bits per heavy atom. The lowest BCUT2D eigenvalue weighted by Gasteiger charge is -2.14. The van der Waals surface area contributed by atoms with E-state index in [1.165, 1.54) is 56.2 Å². The van der Waals surface area contributed by atoms with Crippen LogP contribution in [0.2, 0.25) is 20.1 Å². The van der Waals surface area contributed by atoms with E-state index in [0.717, 1.165) is 31.7 Å². The van der Waals surface area contributed by atoms with E-state index < -0.39 is 40.8 Å². The molecule has 0 bridgehead atoms. The molecule has 0 radical (unpaired) electrons. The molecular weight excluding hydrogens is 1130 g/mol. The van der Waals surface area contributed by atoms with Gasteiger partial charge in [-0.1, -0.05) is 46.4 Å². The molecule has 5 N–H and O–H groups in total. The summed E-state index contributed by atoms with van der Waals surface area (Å²) in [6.45, 7) is 6.20. The molecule has 0 aliphatic heterocycles. The number of anilines is 2. The number of carbonyl (C=O) groups is 4. The largest absolute Gasteiger partial charge is 0.435 e. The van der Waals surface area contributed by atoms with Gasteiger partial charge in [-0.25, -0.2) is 19.3 Å². The van der Waals surface area contributed by atoms with Gasteiger partial charge >= 0.3 is 12.4 Å². The Balaban J connectivity index is 0.000000211. The molecule has 0 unspecified atom stereocenters. The van der Waals surface area contributed by atoms with E-state index in [4.69, 9.17) is 63.7 Å². The molecule has 18 nitrogen and oxygen atoms in total. The predicted octanol–water partition coefficient (Wildman–Crippen LogP) is 10.5. The first kappa shape index (κ1) is 58.7. The quantitative estimate of drug-likeness (QED) is 0.0541. The first-order chi connectivity index (χ1) is 36.1. The summed E-state index contributed by atoms with van der Waals surface area (Å²) in [4.78, 5) is 57.2. The second-order valence-corrected chi connectivity index (χ2v) is 18.4. The molecule has 6 heterocycles. The number of hydrogen-bond acceptors (Lipinski definition) is 11. The number of nitrogens with zero attached hydrogens (tertiary/aromatic N) is 10. The number of halogens is 11. The van der Waals surface area contributed by atoms with Gasteiger partial charge in [-0.2, -0.15) is 46.7 Å². The fourth-order valence-corrected chi connectivity index (χ4v) is 8.19. The maximum Gasteiger partial charge on any atom is 0.435 e. The van der Waals surface area contributed by atoms with Crippen LogP contribution in [0.15, 0.2) is 85.2 Å². The van der Waals surface area contributed by atoms with Gasteiger partial charge in [-0.15, -0.1) is 0 Å². The molecule has 0 saturated heterocycles. The van der Waals surface area contributed by atoms with Crippen molar-refractivity contribution < 1.29 is 45.5 Å². The molecule has 2 aromatic carbocycles. The molecule has 0 saturated carbocycles. The van der Waals surface area contributed by atoms with Gasteiger partial charge in [-0.3, -0.25) is 28.5 Å². The number of nitrogen functional groups attached to an aromatic ring is 1. The zero-order valence-electron chi connectivity index (χ0n) is 40.8. The number of alkyl halides is 6. The van der Waals surface area contributed by atoms with Crippen LogP contribution < -0.4 is 21.7 Å². The number of amides is 3. The van der Waals surface area contributed by atoms with E-state index in [-0.39, 0.29) is 80.4 Å². The van der Waals surface area contributed by atoms with Crippen LogP contribution >= 0.6 is 58.0 Å². The second kappa shape index (κ2) is 24.2. The minimum atomic E-state index is -4.61. The molecule has 0 spiro atoms. The van der Waals surface area contributed by atoms with Crippen molar-refractivity contribution >= 4 is 92.3 Å². The number of nitrogens with two attached hydrogens (primary N) is 1. The average Bonchev–Trinajstić information content (AvgIpc) is 4.18. The van der Waals surface area contributed by atoms with Crippen LogP contribution in [-0.2, 0) is 25.4 Å². The van der Waals surface area contributed by atoms with Crippen LogP contribution in [0.5, 0.6) is 0 Å². The summed E-state index contributed by atoms with van der Waals surface area (Å²) in [5.41, 5.74) is 7.26. The van der Waals surface area contributed by atoms with Crippen molar-refractivity contribution in [1.82, 2.24) is 59.7 Å². The Morgan fingerprint density at radius 1 is 0.584 bits per heavy atom. The zero-order valence-corrected chi connectivity index (χ0v) is 44.6. The molecule has 0 aliphatic carbocycles. The minimum Gasteiger partial charge on any atom is -0.398 e. The number of hydrogen-bond donors (Lipinski definition) is 4. The molecular formula is C48H41Cl5F6N14O4. The molecule has 404 valence electrons. The van der Waals surface area contributed by atoms with Crippen LogP contribution in [0.25, 0.3) is 11.6 Å². The van der Waals surface area contributed by atoms with E-state index in [2.05, 4.69) is 46.3 Å². The smallest absolute Gasteiger partial charge is 0.398 e. The third-order valence-corrected chi connectivity index (χ3v) is 12.1. The summed E-state index contributed by atoms with van der Waals surface area (Å²) >= 11 is 29.9. The van der Waals surface area contributed by atoms with E-state index >= 15 is 0 Å². The van der Waals surface area contributed by atoms with Crippen LogP contribution in [0, 0.1) is 27.7 Å². The van der Waals surface area contributed by atoms with Gasteiger partial charge in [0, 0.05) is 53.6 Å². The number of pyridine rings is 2. The summed E-state index contributed by atoms with van der Waals surface area (Å²) < 4.78 is 82.3. The average molecular weight is 1170 g/mol. The highest BCUT2D eigenvalue weighted by Gasteiger charge is 2.36. The first-order valence-electron chi connectivity index (χ1n) is 22.1. The molecule has 0 aliphatic rings. The van der Waals surface area contributed by atoms with Gasteiger partial charge in [-0.05, 0) is 123 Å². The lowest BCUT2D eigenvalue weighted by Crippen LogP contribution is -2.23. The lowest BCUT2D eigenvalue weighted by atomic mass is 10.1. The van der Waals surface area contributed by atoms with E-state index in [1.54, 1.807) is 56.4 Å². The van der Waals surface area contributed by atoms with Crippen LogP contribution in [0.4, 0.5) is 37.7 Å². The maximum absolute atomic E-state index is 13.5. The summed E-state index contributed by atoms with van der Waals surface area (Å²) in [5.74, 6) is -1.06. The van der Waals surface area contributed by atoms with Crippen molar-refractivity contribution in [3.05, 3.63) is 173 Å². The highest BCUT2D eigenvalue weighted by molar-refractivity contribution is 6.67. The number of benzene rings is 2. The summed E-state index contributed by atoms with van der Waals surface area (Å²) in [7, 11) is 2.99. The highest BCUT2D eigenvalue weighted by atomic mass is 35.5. The standard InChI is InChI=1S/C24H20Cl2F3N7O2.C15H10Cl2F3N5O.C9H11ClN2O/c1-12-7-14(25)9-16(22(37)30-3)20(12)32-23(38)18-10-15(33-36(18)21-17(26)5-4-6-31-21)11-35-13(2)8-19(34-35)24(27,28)29;1-8-5-12(15(18,19)20)23-24(8)7-9-6-11(13(17)26)25(22-9)14-10(16)3-2-4-21-14;1-5-3-6(10)4-7(8(5)11)9(13)12-2/h4-10H,11H2,1-3H3,(H,30,37)(H,32,38);2-6H,7H2,1H3;3-4H,11H2,1-2H3,(H,12,13). The van der Waals surface area contributed by atoms with Gasteiger partial charge in [0.1, 0.15) is 11.4 Å². The third kappa shape index (κ3) is 14.1. The molecule has 77 heavy (non-hydrogen) atoms. The maximum atomic E-state index is 13.5. The van der Waals surface area contributed by atoms with Crippen molar-refractivity contribution in [2.45, 2.75) is 53.1 Å². The Hall–Kier alpha value is -7.51. The number of aromatic nitrogens is 10. The normalized spacial score (nSPS) is 11.3. The van der Waals surface area contributed by atoms with Crippen molar-refractivity contribution in [2.75, 3.05) is 25.1 Å². The molecule has 0 atom stereocenters. The summed E-state index contributed by atoms with van der Waals surface area (Å²) in [6, 6.07) is 17.2. The van der Waals surface area contributed by atoms with Crippen LogP contribution in [0.3, 0.4) is 0 Å². The lowest BCUT2D eigenvalue weighted by molar-refractivity contribution is -0.142. The molecule has 3 amide bonds. The van der Waals surface area contributed by atoms with Crippen molar-refractivity contribution in [2.24, 2.45) is 0 Å². The molecule has 6 aromatic heterocycles. The molecule has 8 aromatic rings. The van der Waals surface area contributed by atoms with Gasteiger partial charge in [0.05, 0.1) is 51.3 Å². The van der Waals surface area contributed by atoms with E-state index in [9.17, 15) is 45.5 Å². The number of nitrogens with one attached hydrogen (secondary N) is 3. The Kier molecular flexibility index (Phi) is 18.5. The van der Waals surface area contributed by atoms with E-state index in [0.29, 0.717) is 32.6 Å². The Labute approximate surface area is 458 Å². The van der Waals surface area contributed by atoms with Gasteiger partial charge < -0.3 is 21.7 Å². The van der Waals surface area contributed by atoms with Crippen LogP contribution in [-0.4, -0.2) is 86.1 Å². The van der Waals surface area contributed by atoms with Crippen molar-refractivity contribution in [3.8, 4) is 11.6 Å². The molecule has 29 heteroatoms. The number of aryl methyl sites for hydroxylation is 4. The Morgan fingerprint density at radius 3 is 1.44 bits per heavy atom. The Bertz CT molecular complexity index is 3540. The number of rotatable bonds is 11. The van der Waals surface area contributed by atoms with Gasteiger partial charge in [0.25, 0.3) is 23.0 Å². The predicted molar refractivity (Wildman–Crippen MR) is 277 cm³/mol. The molecule has 8 rings (SSSR count). The topological polar surface area (TPSA) is 227 Å². The second-order valence-electron chi connectivity index (χ2n) is 16.4. The van der Waals surface area contributed by atoms with Crippen molar-refractivity contribution in [3.63, 3.8) is 0 Å². The van der Waals surface area contributed by atoms with Gasteiger partial charge in [0.2, 0.25) is 0 Å². The molecule has 0 fully saturated rings. The summed E-state index contributed by atoms with van der Waals surface area (Å²) in [5, 5.41) is 23.9. The third-order valence-electron chi connectivity index (χ3n) is 10.8. The summed E-state index contributed by atoms with van der Waals surface area (Å²) in [6.07, 6.45) is -6.25. The minimum absolute atomic E-state index is 0.0110. The fraction of sp³-hybridized carbons (Fsp3) is 0.208. The highest BCUT2D eigenvalue weighted by Crippen LogP contribution is 2.32. The number of carbonyl (C=O) groups excluding carboxylic acids is 4. The van der Waals surface area contributed by atoms with E-state index in [1.807, 2.05) is 6.92 Å².